The van der Waals surface area contributed by atoms with Crippen LogP contribution in [0.15, 0.2) is 6.07 Å². The number of carboxylic acids is 1. The average Bonchev–Trinajstić information content (AvgIpc) is 2.82. The molecule has 1 aromatic rings. The van der Waals surface area contributed by atoms with E-state index in [1.54, 1.807) is 6.07 Å². The number of carbonyl (C=O) groups is 2. The molecule has 0 aliphatic heterocycles. The summed E-state index contributed by atoms with van der Waals surface area (Å²) in [5.41, 5.74) is 0.878. The summed E-state index contributed by atoms with van der Waals surface area (Å²) in [5, 5.41) is 9.18. The molecule has 3 unspecified atom stereocenters. The van der Waals surface area contributed by atoms with Gasteiger partial charge in [0.2, 0.25) is 0 Å². The van der Waals surface area contributed by atoms with Crippen LogP contribution in [0, 0.1) is 24.7 Å². The summed E-state index contributed by atoms with van der Waals surface area (Å²) in [6, 6.07) is 1.76. The van der Waals surface area contributed by atoms with E-state index in [-0.39, 0.29) is 11.7 Å². The van der Waals surface area contributed by atoms with Crippen molar-refractivity contribution in [3.05, 3.63) is 20.8 Å². The normalized spacial score (nSPS) is 27.4. The van der Waals surface area contributed by atoms with Crippen LogP contribution >= 0.6 is 22.9 Å². The van der Waals surface area contributed by atoms with Gasteiger partial charge >= 0.3 is 5.97 Å². The molecule has 18 heavy (non-hydrogen) atoms. The second kappa shape index (κ2) is 5.02. The van der Waals surface area contributed by atoms with Crippen molar-refractivity contribution in [2.75, 3.05) is 0 Å². The molecule has 0 radical (unpaired) electrons. The monoisotopic (exact) mass is 286 g/mol. The van der Waals surface area contributed by atoms with Crippen LogP contribution in [0.2, 0.25) is 4.34 Å². The van der Waals surface area contributed by atoms with Crippen molar-refractivity contribution in [3.63, 3.8) is 0 Å². The lowest BCUT2D eigenvalue weighted by Gasteiger charge is -2.12. The molecule has 98 valence electrons. The second-order valence-corrected chi connectivity index (χ2v) is 6.71. The minimum atomic E-state index is -0.864. The van der Waals surface area contributed by atoms with E-state index in [1.165, 1.54) is 11.3 Å². The predicted octanol–water partition coefficient (Wildman–Crippen LogP) is 3.64. The lowest BCUT2D eigenvalue weighted by atomic mass is 9.91. The molecule has 1 saturated carbocycles. The highest BCUT2D eigenvalue weighted by molar-refractivity contribution is 7.18. The van der Waals surface area contributed by atoms with Crippen LogP contribution in [0.1, 0.15) is 35.0 Å². The zero-order valence-corrected chi connectivity index (χ0v) is 11.8. The number of Topliss-reactive ketones (excluding diaryl/α,β-unsaturated/α-hetero) is 1. The molecule has 1 aliphatic carbocycles. The van der Waals surface area contributed by atoms with Gasteiger partial charge in [0.15, 0.2) is 5.78 Å². The quantitative estimate of drug-likeness (QED) is 0.863. The maximum absolute atomic E-state index is 12.4. The fourth-order valence-corrected chi connectivity index (χ4v) is 3.82. The first-order valence-electron chi connectivity index (χ1n) is 5.93. The van der Waals surface area contributed by atoms with Gasteiger partial charge in [-0.1, -0.05) is 18.5 Å². The number of hydrogen-bond acceptors (Lipinski definition) is 3. The Hall–Kier alpha value is -0.870. The maximum Gasteiger partial charge on any atom is 0.307 e. The van der Waals surface area contributed by atoms with E-state index in [4.69, 9.17) is 11.6 Å². The number of aryl methyl sites for hydroxylation is 1. The van der Waals surface area contributed by atoms with Gasteiger partial charge in [-0.25, -0.2) is 0 Å². The number of rotatable bonds is 3. The number of ketones is 1. The summed E-state index contributed by atoms with van der Waals surface area (Å²) in [6.07, 6.45) is 1.24. The van der Waals surface area contributed by atoms with Gasteiger partial charge < -0.3 is 5.11 Å². The molecule has 1 N–H and O–H groups in total. The topological polar surface area (TPSA) is 54.4 Å². The van der Waals surface area contributed by atoms with Crippen molar-refractivity contribution in [1.82, 2.24) is 0 Å². The molecule has 0 saturated heterocycles. The van der Waals surface area contributed by atoms with Gasteiger partial charge in [-0.3, -0.25) is 9.59 Å². The number of carboxylic acid groups (broad SMARTS) is 1. The van der Waals surface area contributed by atoms with E-state index < -0.39 is 17.8 Å². The molecule has 1 aliphatic rings. The molecule has 5 heteroatoms. The minimum Gasteiger partial charge on any atom is -0.481 e. The number of halogens is 1. The Morgan fingerprint density at radius 2 is 2.00 bits per heavy atom. The Bertz CT molecular complexity index is 475. The fourth-order valence-electron chi connectivity index (χ4n) is 2.62. The molecule has 1 aromatic heterocycles. The summed E-state index contributed by atoms with van der Waals surface area (Å²) >= 11 is 7.20. The van der Waals surface area contributed by atoms with Gasteiger partial charge in [-0.15, -0.1) is 11.3 Å². The summed E-state index contributed by atoms with van der Waals surface area (Å²) in [7, 11) is 0. The third-order valence-corrected chi connectivity index (χ3v) is 5.12. The third-order valence-electron chi connectivity index (χ3n) is 3.55. The zero-order valence-electron chi connectivity index (χ0n) is 10.3. The van der Waals surface area contributed by atoms with Crippen molar-refractivity contribution in [2.45, 2.75) is 26.7 Å². The third kappa shape index (κ3) is 2.45. The lowest BCUT2D eigenvalue weighted by Crippen LogP contribution is -2.24. The minimum absolute atomic E-state index is 0.0632. The molecule has 3 nitrogen and oxygen atoms in total. The molecule has 0 bridgehead atoms. The molecule has 1 heterocycles. The zero-order chi connectivity index (χ0) is 13.4. The number of aliphatic carboxylic acids is 1. The van der Waals surface area contributed by atoms with E-state index in [0.29, 0.717) is 22.1 Å². The van der Waals surface area contributed by atoms with Gasteiger partial charge in [0.1, 0.15) is 0 Å². The van der Waals surface area contributed by atoms with Gasteiger partial charge in [0.25, 0.3) is 0 Å². The van der Waals surface area contributed by atoms with Crippen LogP contribution in [0.4, 0.5) is 0 Å². The largest absolute Gasteiger partial charge is 0.481 e. The summed E-state index contributed by atoms with van der Waals surface area (Å²) in [4.78, 5) is 24.1. The lowest BCUT2D eigenvalue weighted by molar-refractivity contribution is -0.142. The van der Waals surface area contributed by atoms with E-state index in [1.807, 2.05) is 13.8 Å². The van der Waals surface area contributed by atoms with Crippen molar-refractivity contribution < 1.29 is 14.7 Å². The molecule has 0 amide bonds. The first-order chi connectivity index (χ1) is 8.40. The summed E-state index contributed by atoms with van der Waals surface area (Å²) in [5.74, 6) is -1.58. The number of thiophene rings is 1. The Morgan fingerprint density at radius 1 is 1.39 bits per heavy atom. The Balaban J connectivity index is 2.25. The van der Waals surface area contributed by atoms with Gasteiger partial charge in [-0.2, -0.15) is 0 Å². The van der Waals surface area contributed by atoms with Crippen molar-refractivity contribution in [3.8, 4) is 0 Å². The molecule has 2 rings (SSSR count). The van der Waals surface area contributed by atoms with Gasteiger partial charge in [0.05, 0.1) is 15.1 Å². The SMILES string of the molecule is Cc1cc(C(=O)C2CC(C)CC2C(=O)O)sc1Cl. The summed E-state index contributed by atoms with van der Waals surface area (Å²) < 4.78 is 0.608. The van der Waals surface area contributed by atoms with Crippen LogP contribution in [0.25, 0.3) is 0 Å². The highest BCUT2D eigenvalue weighted by atomic mass is 35.5. The second-order valence-electron chi connectivity index (χ2n) is 5.06. The maximum atomic E-state index is 12.4. The highest BCUT2D eigenvalue weighted by Crippen LogP contribution is 2.40. The first kappa shape index (κ1) is 13.6. The molecular formula is C13H15ClO3S. The number of carbonyl (C=O) groups excluding carboxylic acids is 1. The van der Waals surface area contributed by atoms with E-state index in [9.17, 15) is 14.7 Å². The average molecular weight is 287 g/mol. The first-order valence-corrected chi connectivity index (χ1v) is 7.12. The predicted molar refractivity (Wildman–Crippen MR) is 71.4 cm³/mol. The van der Waals surface area contributed by atoms with Crippen molar-refractivity contribution >= 4 is 34.7 Å². The van der Waals surface area contributed by atoms with E-state index in [2.05, 4.69) is 0 Å². The number of hydrogen-bond donors (Lipinski definition) is 1. The molecule has 1 fully saturated rings. The smallest absolute Gasteiger partial charge is 0.307 e. The molecule has 3 atom stereocenters. The van der Waals surface area contributed by atoms with Gasteiger partial charge in [0, 0.05) is 5.92 Å². The van der Waals surface area contributed by atoms with E-state index >= 15 is 0 Å². The van der Waals surface area contributed by atoms with E-state index in [0.717, 1.165) is 5.56 Å². The van der Waals surface area contributed by atoms with Crippen LogP contribution in [-0.4, -0.2) is 16.9 Å². The van der Waals surface area contributed by atoms with Gasteiger partial charge in [-0.05, 0) is 37.3 Å². The Kier molecular flexibility index (Phi) is 3.78. The molecular weight excluding hydrogens is 272 g/mol. The Morgan fingerprint density at radius 3 is 2.50 bits per heavy atom. The molecule has 0 aromatic carbocycles. The van der Waals surface area contributed by atoms with Crippen molar-refractivity contribution in [2.24, 2.45) is 17.8 Å². The van der Waals surface area contributed by atoms with Crippen LogP contribution < -0.4 is 0 Å². The molecule has 0 spiro atoms. The fraction of sp³-hybridized carbons (Fsp3) is 0.538. The highest BCUT2D eigenvalue weighted by Gasteiger charge is 2.41. The van der Waals surface area contributed by atoms with Crippen LogP contribution in [0.5, 0.6) is 0 Å². The van der Waals surface area contributed by atoms with Crippen LogP contribution in [-0.2, 0) is 4.79 Å². The Labute approximate surface area is 115 Å². The summed E-state index contributed by atoms with van der Waals surface area (Å²) in [6.45, 7) is 3.84. The van der Waals surface area contributed by atoms with Crippen LogP contribution in [0.3, 0.4) is 0 Å². The van der Waals surface area contributed by atoms with Crippen molar-refractivity contribution in [1.29, 1.82) is 0 Å². The standard InChI is InChI=1S/C13H15ClO3S/c1-6-3-8(9(4-6)13(16)17)11(15)10-5-7(2)12(14)18-10/h5-6,8-9H,3-4H2,1-2H3,(H,16,17).